The molecule has 2 N–H and O–H groups in total. The summed E-state index contributed by atoms with van der Waals surface area (Å²) in [6.07, 6.45) is 7.95. The average Bonchev–Trinajstić information content (AvgIpc) is 3.28. The molecular weight excluding hydrogens is 412 g/mol. The number of hydrogen-bond donors (Lipinski definition) is 2. The summed E-state index contributed by atoms with van der Waals surface area (Å²) in [5.41, 5.74) is -0.351. The molecule has 0 amide bonds. The molecule has 5 rings (SSSR count). The zero-order chi connectivity index (χ0) is 22.9. The number of carbonyl (C=O) groups is 3. The van der Waals surface area contributed by atoms with Crippen molar-refractivity contribution in [3.05, 3.63) is 23.3 Å². The van der Waals surface area contributed by atoms with Crippen LogP contribution in [0.4, 0.5) is 0 Å². The molecule has 0 saturated heterocycles. The SMILES string of the molecule is CC(=O)O[C@@H]1CC[C@]2(C(=O)O)[C@@H]3CC[C@]4(C)C(=CC[C@H]4C4=CC(=O)OC4)[C@@H]3CC[C@]2(O)C1. The molecule has 174 valence electrons. The van der Waals surface area contributed by atoms with Crippen LogP contribution in [0, 0.1) is 28.6 Å². The van der Waals surface area contributed by atoms with E-state index in [-0.39, 0.29) is 35.6 Å². The third-order valence-electron chi connectivity index (χ3n) is 9.47. The molecule has 7 atom stereocenters. The summed E-state index contributed by atoms with van der Waals surface area (Å²) in [5, 5.41) is 22.2. The summed E-state index contributed by atoms with van der Waals surface area (Å²) < 4.78 is 10.6. The molecule has 0 spiro atoms. The lowest BCUT2D eigenvalue weighted by atomic mass is 9.43. The average molecular weight is 445 g/mol. The van der Waals surface area contributed by atoms with Gasteiger partial charge in [-0.15, -0.1) is 0 Å². The Kier molecular flexibility index (Phi) is 4.86. The van der Waals surface area contributed by atoms with E-state index in [2.05, 4.69) is 13.0 Å². The summed E-state index contributed by atoms with van der Waals surface area (Å²) in [5.74, 6) is -1.42. The Morgan fingerprint density at radius 2 is 1.97 bits per heavy atom. The molecule has 3 fully saturated rings. The van der Waals surface area contributed by atoms with E-state index in [0.29, 0.717) is 25.9 Å². The third kappa shape index (κ3) is 2.86. The first-order valence-electron chi connectivity index (χ1n) is 11.8. The third-order valence-corrected chi connectivity index (χ3v) is 9.47. The number of carboxylic acids is 1. The van der Waals surface area contributed by atoms with Crippen molar-refractivity contribution in [2.75, 3.05) is 6.61 Å². The van der Waals surface area contributed by atoms with Gasteiger partial charge in [0.25, 0.3) is 0 Å². The zero-order valence-corrected chi connectivity index (χ0v) is 18.8. The Labute approximate surface area is 187 Å². The van der Waals surface area contributed by atoms with Gasteiger partial charge in [-0.3, -0.25) is 9.59 Å². The predicted molar refractivity (Wildman–Crippen MR) is 113 cm³/mol. The minimum Gasteiger partial charge on any atom is -0.481 e. The van der Waals surface area contributed by atoms with Crippen molar-refractivity contribution < 1.29 is 34.1 Å². The van der Waals surface area contributed by atoms with E-state index < -0.39 is 29.1 Å². The second-order valence-corrected chi connectivity index (χ2v) is 10.8. The van der Waals surface area contributed by atoms with Crippen LogP contribution in [0.15, 0.2) is 23.3 Å². The Hall–Kier alpha value is -2.15. The van der Waals surface area contributed by atoms with Crippen LogP contribution in [-0.2, 0) is 23.9 Å². The van der Waals surface area contributed by atoms with Gasteiger partial charge in [-0.25, -0.2) is 4.79 Å². The Balaban J connectivity index is 1.46. The predicted octanol–water partition coefficient (Wildman–Crippen LogP) is 3.16. The summed E-state index contributed by atoms with van der Waals surface area (Å²) >= 11 is 0. The summed E-state index contributed by atoms with van der Waals surface area (Å²) in [6.45, 7) is 3.95. The molecule has 7 nitrogen and oxygen atoms in total. The number of esters is 2. The van der Waals surface area contributed by atoms with Crippen molar-refractivity contribution in [2.24, 2.45) is 28.6 Å². The maximum atomic E-state index is 12.8. The number of ether oxygens (including phenoxy) is 2. The van der Waals surface area contributed by atoms with Gasteiger partial charge in [0.2, 0.25) is 0 Å². The molecule has 4 aliphatic carbocycles. The van der Waals surface area contributed by atoms with E-state index in [1.807, 2.05) is 0 Å². The highest BCUT2D eigenvalue weighted by Gasteiger charge is 2.69. The van der Waals surface area contributed by atoms with Gasteiger partial charge in [-0.2, -0.15) is 0 Å². The molecule has 3 saturated carbocycles. The van der Waals surface area contributed by atoms with Crippen LogP contribution in [0.2, 0.25) is 0 Å². The first-order chi connectivity index (χ1) is 15.1. The first kappa shape index (κ1) is 21.7. The Bertz CT molecular complexity index is 935. The number of rotatable bonds is 3. The van der Waals surface area contributed by atoms with Crippen LogP contribution < -0.4 is 0 Å². The molecule has 7 heteroatoms. The fraction of sp³-hybridized carbons (Fsp3) is 0.720. The molecule has 0 unspecified atom stereocenters. The van der Waals surface area contributed by atoms with Crippen molar-refractivity contribution >= 4 is 17.9 Å². The largest absolute Gasteiger partial charge is 0.481 e. The van der Waals surface area contributed by atoms with Crippen LogP contribution >= 0.6 is 0 Å². The van der Waals surface area contributed by atoms with Crippen LogP contribution in [-0.4, -0.2) is 46.4 Å². The van der Waals surface area contributed by atoms with Crippen molar-refractivity contribution in [3.63, 3.8) is 0 Å². The normalized spacial score (nSPS) is 45.0. The monoisotopic (exact) mass is 444 g/mol. The number of aliphatic carboxylic acids is 1. The van der Waals surface area contributed by atoms with Gasteiger partial charge in [0, 0.05) is 19.4 Å². The fourth-order valence-electron chi connectivity index (χ4n) is 8.14. The number of carboxylic acid groups (broad SMARTS) is 1. The second-order valence-electron chi connectivity index (χ2n) is 10.8. The van der Waals surface area contributed by atoms with Crippen LogP contribution in [0.3, 0.4) is 0 Å². The summed E-state index contributed by atoms with van der Waals surface area (Å²) in [7, 11) is 0. The van der Waals surface area contributed by atoms with E-state index in [1.54, 1.807) is 6.08 Å². The van der Waals surface area contributed by atoms with Gasteiger partial charge < -0.3 is 19.7 Å². The molecule has 5 aliphatic rings. The second kappa shape index (κ2) is 7.17. The first-order valence-corrected chi connectivity index (χ1v) is 11.8. The maximum Gasteiger partial charge on any atom is 0.331 e. The maximum absolute atomic E-state index is 12.8. The van der Waals surface area contributed by atoms with E-state index >= 15 is 0 Å². The Morgan fingerprint density at radius 1 is 1.19 bits per heavy atom. The van der Waals surface area contributed by atoms with Crippen LogP contribution in [0.5, 0.6) is 0 Å². The van der Waals surface area contributed by atoms with E-state index in [4.69, 9.17) is 9.47 Å². The van der Waals surface area contributed by atoms with Crippen molar-refractivity contribution in [2.45, 2.75) is 76.9 Å². The molecule has 1 heterocycles. The fourth-order valence-corrected chi connectivity index (χ4v) is 8.14. The highest BCUT2D eigenvalue weighted by atomic mass is 16.5. The molecule has 0 bridgehead atoms. The molecular formula is C25H32O7. The number of allylic oxidation sites excluding steroid dienone is 2. The van der Waals surface area contributed by atoms with Crippen molar-refractivity contribution in [1.82, 2.24) is 0 Å². The Morgan fingerprint density at radius 3 is 2.62 bits per heavy atom. The van der Waals surface area contributed by atoms with Gasteiger partial charge in [-0.05, 0) is 73.7 Å². The lowest BCUT2D eigenvalue weighted by Crippen LogP contribution is -2.66. The number of hydrogen-bond acceptors (Lipinski definition) is 6. The summed E-state index contributed by atoms with van der Waals surface area (Å²) in [6, 6.07) is 0. The van der Waals surface area contributed by atoms with Crippen LogP contribution in [0.1, 0.15) is 65.2 Å². The molecule has 0 radical (unpaired) electrons. The highest BCUT2D eigenvalue weighted by molar-refractivity contribution is 5.85. The molecule has 0 aromatic heterocycles. The van der Waals surface area contributed by atoms with E-state index in [1.165, 1.54) is 12.5 Å². The standard InChI is InChI=1S/C25H32O7/c1-14(26)32-16-5-10-25(22(28)29)20-7-8-23(2)18(15-11-21(27)31-13-15)3-4-19(23)17(20)6-9-24(25,30)12-16/h4,11,16-18,20,30H,3,5-10,12-13H2,1-2H3,(H,28,29)/t16-,17+,18+,20-,23+,24+,25-/m1/s1. The number of aliphatic hydroxyl groups is 1. The molecule has 0 aromatic rings. The summed E-state index contributed by atoms with van der Waals surface area (Å²) in [4.78, 5) is 36.0. The van der Waals surface area contributed by atoms with Gasteiger partial charge in [0.1, 0.15) is 18.1 Å². The van der Waals surface area contributed by atoms with Gasteiger partial charge in [-0.1, -0.05) is 18.6 Å². The van der Waals surface area contributed by atoms with Crippen molar-refractivity contribution in [3.8, 4) is 0 Å². The van der Waals surface area contributed by atoms with Gasteiger partial charge >= 0.3 is 17.9 Å². The molecule has 32 heavy (non-hydrogen) atoms. The highest BCUT2D eigenvalue weighted by Crippen LogP contribution is 2.68. The minimum absolute atomic E-state index is 0.106. The number of carbonyl (C=O) groups excluding carboxylic acids is 2. The van der Waals surface area contributed by atoms with Gasteiger partial charge in [0.15, 0.2) is 0 Å². The van der Waals surface area contributed by atoms with E-state index in [9.17, 15) is 24.6 Å². The molecule has 0 aromatic carbocycles. The number of cyclic esters (lactones) is 1. The lowest BCUT2D eigenvalue weighted by Gasteiger charge is -2.61. The topological polar surface area (TPSA) is 110 Å². The van der Waals surface area contributed by atoms with Gasteiger partial charge in [0.05, 0.1) is 5.60 Å². The smallest absolute Gasteiger partial charge is 0.331 e. The quantitative estimate of drug-likeness (QED) is 0.508. The van der Waals surface area contributed by atoms with E-state index in [0.717, 1.165) is 31.3 Å². The van der Waals surface area contributed by atoms with Crippen molar-refractivity contribution in [1.29, 1.82) is 0 Å². The zero-order valence-electron chi connectivity index (χ0n) is 18.8. The van der Waals surface area contributed by atoms with Crippen LogP contribution in [0.25, 0.3) is 0 Å². The number of fused-ring (bicyclic) bond motifs is 5. The molecule has 1 aliphatic heterocycles. The minimum atomic E-state index is -1.38. The lowest BCUT2D eigenvalue weighted by molar-refractivity contribution is -0.225.